The lowest BCUT2D eigenvalue weighted by molar-refractivity contribution is 0.576. The molecule has 3 nitrogen and oxygen atoms in total. The number of aromatic nitrogens is 2. The lowest BCUT2D eigenvalue weighted by atomic mass is 10.1. The lowest BCUT2D eigenvalue weighted by Gasteiger charge is -2.17. The molecule has 98 valence electrons. The average Bonchev–Trinajstić information content (AvgIpc) is 2.93. The first kappa shape index (κ1) is 13.3. The first-order valence-corrected chi connectivity index (χ1v) is 7.35. The van der Waals surface area contributed by atoms with E-state index in [1.54, 1.807) is 0 Å². The van der Waals surface area contributed by atoms with Crippen LogP contribution in [0.25, 0.3) is 0 Å². The van der Waals surface area contributed by atoms with Crippen LogP contribution in [-0.4, -0.2) is 16.3 Å². The Kier molecular flexibility index (Phi) is 4.19. The molecule has 0 saturated carbocycles. The van der Waals surface area contributed by atoms with Crippen LogP contribution in [0.5, 0.6) is 0 Å². The second-order valence-electron chi connectivity index (χ2n) is 4.50. The molecule has 0 aliphatic heterocycles. The van der Waals surface area contributed by atoms with Gasteiger partial charge in [0.15, 0.2) is 0 Å². The second kappa shape index (κ2) is 5.67. The van der Waals surface area contributed by atoms with Crippen LogP contribution in [0.4, 0.5) is 0 Å². The maximum Gasteiger partial charge on any atom is 0.0844 e. The maximum absolute atomic E-state index is 4.55. The minimum Gasteiger partial charge on any atom is -0.305 e. The zero-order chi connectivity index (χ0) is 13.1. The van der Waals surface area contributed by atoms with E-state index >= 15 is 0 Å². The average molecular weight is 263 g/mol. The molecular formula is C14H21N3S. The van der Waals surface area contributed by atoms with E-state index in [-0.39, 0.29) is 6.04 Å². The van der Waals surface area contributed by atoms with Crippen LogP contribution in [0.3, 0.4) is 0 Å². The molecule has 0 bridgehead atoms. The van der Waals surface area contributed by atoms with Gasteiger partial charge in [-0.25, -0.2) is 0 Å². The van der Waals surface area contributed by atoms with E-state index in [0.717, 1.165) is 18.7 Å². The number of hydrogen-bond donors (Lipinski definition) is 1. The highest BCUT2D eigenvalue weighted by Crippen LogP contribution is 2.29. The van der Waals surface area contributed by atoms with Crippen LogP contribution in [0.1, 0.15) is 41.7 Å². The van der Waals surface area contributed by atoms with Crippen molar-refractivity contribution in [3.8, 4) is 0 Å². The molecule has 1 unspecified atom stereocenters. The van der Waals surface area contributed by atoms with Crippen molar-refractivity contribution < 1.29 is 0 Å². The molecule has 18 heavy (non-hydrogen) atoms. The largest absolute Gasteiger partial charge is 0.305 e. The molecule has 0 aromatic carbocycles. The Bertz CT molecular complexity index is 513. The summed E-state index contributed by atoms with van der Waals surface area (Å²) in [4.78, 5) is 1.39. The summed E-state index contributed by atoms with van der Waals surface area (Å²) >= 11 is 1.81. The van der Waals surface area contributed by atoms with Crippen molar-refractivity contribution in [2.24, 2.45) is 7.05 Å². The number of nitrogens with one attached hydrogen (secondary N) is 1. The monoisotopic (exact) mass is 263 g/mol. The zero-order valence-corrected chi connectivity index (χ0v) is 12.3. The van der Waals surface area contributed by atoms with Gasteiger partial charge in [0.05, 0.1) is 17.4 Å². The topological polar surface area (TPSA) is 29.9 Å². The Labute approximate surface area is 113 Å². The van der Waals surface area contributed by atoms with Crippen molar-refractivity contribution >= 4 is 11.3 Å². The van der Waals surface area contributed by atoms with Gasteiger partial charge in [-0.2, -0.15) is 5.10 Å². The van der Waals surface area contributed by atoms with Gasteiger partial charge in [0.2, 0.25) is 0 Å². The smallest absolute Gasteiger partial charge is 0.0844 e. The molecule has 0 fully saturated rings. The number of hydrogen-bond acceptors (Lipinski definition) is 3. The summed E-state index contributed by atoms with van der Waals surface area (Å²) in [5.74, 6) is 0. The van der Waals surface area contributed by atoms with Gasteiger partial charge in [-0.1, -0.05) is 13.8 Å². The van der Waals surface area contributed by atoms with Gasteiger partial charge in [-0.3, -0.25) is 4.68 Å². The van der Waals surface area contributed by atoms with Crippen LogP contribution < -0.4 is 5.32 Å². The van der Waals surface area contributed by atoms with Gasteiger partial charge in [0, 0.05) is 11.9 Å². The molecule has 1 N–H and O–H groups in total. The molecule has 0 aliphatic rings. The van der Waals surface area contributed by atoms with E-state index in [1.165, 1.54) is 16.1 Å². The predicted octanol–water partition coefficient (Wildman–Crippen LogP) is 3.05. The quantitative estimate of drug-likeness (QED) is 0.898. The summed E-state index contributed by atoms with van der Waals surface area (Å²) < 4.78 is 2.01. The van der Waals surface area contributed by atoms with Gasteiger partial charge in [0.25, 0.3) is 0 Å². The molecule has 2 rings (SSSR count). The van der Waals surface area contributed by atoms with Crippen molar-refractivity contribution in [2.75, 3.05) is 6.54 Å². The normalized spacial score (nSPS) is 12.9. The number of thiophene rings is 1. The molecule has 2 aromatic rings. The molecule has 0 saturated heterocycles. The Balaban J connectivity index is 2.41. The molecule has 0 aliphatic carbocycles. The SMILES string of the molecule is CCNC(c1sccc1C)c1cc(CC)nn1C. The third kappa shape index (κ3) is 2.49. The summed E-state index contributed by atoms with van der Waals surface area (Å²) in [7, 11) is 2.03. The lowest BCUT2D eigenvalue weighted by Crippen LogP contribution is -2.24. The molecular weight excluding hydrogens is 242 g/mol. The first-order chi connectivity index (χ1) is 8.67. The summed E-state index contributed by atoms with van der Waals surface area (Å²) in [6, 6.07) is 4.65. The minimum absolute atomic E-state index is 0.257. The van der Waals surface area contributed by atoms with Crippen molar-refractivity contribution in [1.82, 2.24) is 15.1 Å². The van der Waals surface area contributed by atoms with Crippen molar-refractivity contribution in [3.63, 3.8) is 0 Å². The van der Waals surface area contributed by atoms with Crippen molar-refractivity contribution in [3.05, 3.63) is 39.3 Å². The molecule has 0 spiro atoms. The van der Waals surface area contributed by atoms with E-state index in [2.05, 4.69) is 48.7 Å². The Morgan fingerprint density at radius 1 is 1.44 bits per heavy atom. The Morgan fingerprint density at radius 2 is 2.22 bits per heavy atom. The van der Waals surface area contributed by atoms with E-state index in [0.29, 0.717) is 0 Å². The van der Waals surface area contributed by atoms with Crippen LogP contribution in [-0.2, 0) is 13.5 Å². The van der Waals surface area contributed by atoms with Crippen LogP contribution >= 0.6 is 11.3 Å². The van der Waals surface area contributed by atoms with Crippen LogP contribution in [0, 0.1) is 6.92 Å². The Hall–Kier alpha value is -1.13. The summed E-state index contributed by atoms with van der Waals surface area (Å²) in [6.45, 7) is 7.42. The third-order valence-corrected chi connectivity index (χ3v) is 4.28. The minimum atomic E-state index is 0.257. The summed E-state index contributed by atoms with van der Waals surface area (Å²) in [5, 5.41) is 10.3. The van der Waals surface area contributed by atoms with Gasteiger partial charge in [-0.05, 0) is 43.0 Å². The highest BCUT2D eigenvalue weighted by molar-refractivity contribution is 7.10. The van der Waals surface area contributed by atoms with E-state index in [1.807, 2.05) is 23.1 Å². The van der Waals surface area contributed by atoms with E-state index < -0.39 is 0 Å². The second-order valence-corrected chi connectivity index (χ2v) is 5.44. The molecule has 1 atom stereocenters. The first-order valence-electron chi connectivity index (χ1n) is 6.47. The fourth-order valence-corrected chi connectivity index (χ4v) is 3.22. The van der Waals surface area contributed by atoms with Crippen molar-refractivity contribution in [1.29, 1.82) is 0 Å². The number of nitrogens with zero attached hydrogens (tertiary/aromatic N) is 2. The molecule has 0 radical (unpaired) electrons. The molecule has 2 heterocycles. The molecule has 0 amide bonds. The fraction of sp³-hybridized carbons (Fsp3) is 0.500. The Morgan fingerprint density at radius 3 is 2.72 bits per heavy atom. The summed E-state index contributed by atoms with van der Waals surface area (Å²) in [5.41, 5.74) is 3.76. The third-order valence-electron chi connectivity index (χ3n) is 3.20. The number of aryl methyl sites for hydroxylation is 3. The molecule has 4 heteroatoms. The van der Waals surface area contributed by atoms with Gasteiger partial charge in [-0.15, -0.1) is 11.3 Å². The predicted molar refractivity (Wildman–Crippen MR) is 77.2 cm³/mol. The van der Waals surface area contributed by atoms with Gasteiger partial charge >= 0.3 is 0 Å². The van der Waals surface area contributed by atoms with E-state index in [9.17, 15) is 0 Å². The highest BCUT2D eigenvalue weighted by atomic mass is 32.1. The maximum atomic E-state index is 4.55. The van der Waals surface area contributed by atoms with E-state index in [4.69, 9.17) is 0 Å². The van der Waals surface area contributed by atoms with Gasteiger partial charge in [0.1, 0.15) is 0 Å². The summed E-state index contributed by atoms with van der Waals surface area (Å²) in [6.07, 6.45) is 0.982. The number of rotatable bonds is 5. The fourth-order valence-electron chi connectivity index (χ4n) is 2.20. The highest BCUT2D eigenvalue weighted by Gasteiger charge is 2.20. The van der Waals surface area contributed by atoms with Gasteiger partial charge < -0.3 is 5.32 Å². The van der Waals surface area contributed by atoms with Crippen LogP contribution in [0.2, 0.25) is 0 Å². The van der Waals surface area contributed by atoms with Crippen LogP contribution in [0.15, 0.2) is 17.5 Å². The standard InChI is InChI=1S/C14H21N3S/c1-5-11-9-12(17(4)16-11)13(15-6-2)14-10(3)7-8-18-14/h7-9,13,15H,5-6H2,1-4H3. The molecule has 2 aromatic heterocycles. The van der Waals surface area contributed by atoms with Crippen molar-refractivity contribution in [2.45, 2.75) is 33.2 Å². The zero-order valence-electron chi connectivity index (χ0n) is 11.5.